The average molecular weight is 616 g/mol. The van der Waals surface area contributed by atoms with Gasteiger partial charge in [-0.2, -0.15) is 15.2 Å². The van der Waals surface area contributed by atoms with E-state index in [1.54, 1.807) is 26.8 Å². The zero-order valence-corrected chi connectivity index (χ0v) is 26.3. The summed E-state index contributed by atoms with van der Waals surface area (Å²) in [7, 11) is 2.01. The summed E-state index contributed by atoms with van der Waals surface area (Å²) in [6.45, 7) is 9.29. The molecular weight excluding hydrogens is 582 g/mol. The van der Waals surface area contributed by atoms with E-state index < -0.39 is 11.6 Å². The number of rotatable bonds is 8. The Morgan fingerprint density at radius 1 is 0.957 bits per heavy atom. The number of amidine groups is 1. The summed E-state index contributed by atoms with van der Waals surface area (Å²) in [5.41, 5.74) is 2.42. The molecule has 0 fully saturated rings. The number of hydrogen-bond donors (Lipinski definition) is 0. The third kappa shape index (κ3) is 6.51. The number of esters is 1. The number of aromatic nitrogens is 4. The first-order chi connectivity index (χ1) is 22.1. The first kappa shape index (κ1) is 30.3. The van der Waals surface area contributed by atoms with Crippen LogP contribution in [0.15, 0.2) is 77.8 Å². The van der Waals surface area contributed by atoms with E-state index in [1.165, 1.54) is 12.1 Å². The number of aryl methyl sites for hydroxylation is 1. The first-order valence-electron chi connectivity index (χ1n) is 14.9. The highest BCUT2D eigenvalue weighted by Crippen LogP contribution is 2.33. The normalized spacial score (nSPS) is 13.0. The fraction of sp³-hybridized carbons (Fsp3) is 0.257. The largest absolute Gasteiger partial charge is 0.456 e. The summed E-state index contributed by atoms with van der Waals surface area (Å²) in [6, 6.07) is 24.3. The highest BCUT2D eigenvalue weighted by molar-refractivity contribution is 6.00. The maximum absolute atomic E-state index is 13.0. The van der Waals surface area contributed by atoms with E-state index >= 15 is 0 Å². The molecule has 0 atom stereocenters. The van der Waals surface area contributed by atoms with Gasteiger partial charge in [0.15, 0.2) is 11.2 Å². The number of nitriles is 1. The van der Waals surface area contributed by atoms with Gasteiger partial charge in [-0.05, 0) is 63.6 Å². The highest BCUT2D eigenvalue weighted by Gasteiger charge is 2.24. The van der Waals surface area contributed by atoms with E-state index in [-0.39, 0.29) is 28.8 Å². The van der Waals surface area contributed by atoms with Crippen LogP contribution in [-0.4, -0.2) is 62.0 Å². The van der Waals surface area contributed by atoms with Gasteiger partial charge in [0, 0.05) is 19.2 Å². The quantitative estimate of drug-likeness (QED) is 0.185. The Balaban J connectivity index is 1.42. The summed E-state index contributed by atoms with van der Waals surface area (Å²) in [5.74, 6) is 1.89. The van der Waals surface area contributed by atoms with Crippen molar-refractivity contribution in [2.24, 2.45) is 4.99 Å². The number of aliphatic imine (C=N–C) groups is 1. The minimum Gasteiger partial charge on any atom is -0.456 e. The van der Waals surface area contributed by atoms with Crippen LogP contribution in [0.3, 0.4) is 0 Å². The molecule has 0 unspecified atom stereocenters. The van der Waals surface area contributed by atoms with Crippen molar-refractivity contribution in [2.45, 2.75) is 39.8 Å². The maximum atomic E-state index is 13.0. The maximum Gasteiger partial charge on any atom is 0.340 e. The second kappa shape index (κ2) is 12.3. The van der Waals surface area contributed by atoms with Crippen molar-refractivity contribution in [2.75, 3.05) is 20.1 Å². The molecule has 46 heavy (non-hydrogen) atoms. The van der Waals surface area contributed by atoms with Crippen molar-refractivity contribution in [3.63, 3.8) is 0 Å². The highest BCUT2D eigenvalue weighted by atomic mass is 16.6. The van der Waals surface area contributed by atoms with Crippen LogP contribution in [-0.2, 0) is 11.3 Å². The number of benzene rings is 3. The second-order valence-corrected chi connectivity index (χ2v) is 11.9. The summed E-state index contributed by atoms with van der Waals surface area (Å²) in [4.78, 5) is 33.8. The zero-order valence-electron chi connectivity index (χ0n) is 26.3. The molecule has 2 aromatic heterocycles. The van der Waals surface area contributed by atoms with E-state index in [4.69, 9.17) is 24.2 Å². The average Bonchev–Trinajstić information content (AvgIpc) is 3.59. The molecule has 6 rings (SSSR count). The third-order valence-electron chi connectivity index (χ3n) is 7.22. The van der Waals surface area contributed by atoms with Crippen LogP contribution in [0.4, 0.5) is 0 Å². The molecule has 0 aliphatic carbocycles. The second-order valence-electron chi connectivity index (χ2n) is 11.9. The molecule has 11 nitrogen and oxygen atoms in total. The number of likely N-dealkylation sites (N-methyl/N-ethyl adjacent to an activating group) is 1. The van der Waals surface area contributed by atoms with E-state index in [1.807, 2.05) is 73.1 Å². The predicted octanol–water partition coefficient (Wildman–Crippen LogP) is 6.29. The minimum absolute atomic E-state index is 0.0524. The molecule has 3 heterocycles. The monoisotopic (exact) mass is 615 g/mol. The lowest BCUT2D eigenvalue weighted by molar-refractivity contribution is 0.00688. The Kier molecular flexibility index (Phi) is 8.11. The molecule has 0 radical (unpaired) electrons. The van der Waals surface area contributed by atoms with Crippen molar-refractivity contribution >= 4 is 23.0 Å². The SMILES string of the molecule is Cc1nc2c(Oc3ccc(C#N)c(C(=O)OC(C)(C)C)c3)nc(Oc3cccc(C4=NCCN4C)c3)nc2n1Cc1ccccc1. The van der Waals surface area contributed by atoms with Gasteiger partial charge < -0.3 is 23.7 Å². The van der Waals surface area contributed by atoms with Gasteiger partial charge in [0.1, 0.15) is 34.8 Å². The molecule has 1 aliphatic heterocycles. The number of nitrogens with zero attached hydrogens (tertiary/aromatic N) is 7. The van der Waals surface area contributed by atoms with E-state index in [0.29, 0.717) is 29.3 Å². The van der Waals surface area contributed by atoms with E-state index in [0.717, 1.165) is 30.1 Å². The Morgan fingerprint density at radius 2 is 1.74 bits per heavy atom. The van der Waals surface area contributed by atoms with Crippen LogP contribution in [0.5, 0.6) is 23.4 Å². The van der Waals surface area contributed by atoms with Crippen molar-refractivity contribution in [1.82, 2.24) is 24.4 Å². The minimum atomic E-state index is -0.744. The summed E-state index contributed by atoms with van der Waals surface area (Å²) in [6.07, 6.45) is 0. The number of ether oxygens (including phenoxy) is 3. The summed E-state index contributed by atoms with van der Waals surface area (Å²) in [5, 5.41) is 9.66. The lowest BCUT2D eigenvalue weighted by atomic mass is 10.1. The van der Waals surface area contributed by atoms with Gasteiger partial charge in [-0.15, -0.1) is 0 Å². The van der Waals surface area contributed by atoms with E-state index in [9.17, 15) is 10.1 Å². The molecule has 0 spiro atoms. The standard InChI is InChI=1S/C35H33N7O4/c1-22-38-29-31(42(22)21-23-10-7-6-8-11-23)39-34(45-26-13-9-12-24(18-26)30-37-16-17-41(30)5)40-32(29)44-27-15-14-25(20-36)28(19-27)33(43)46-35(2,3)4/h6-15,18-19H,16-17,21H2,1-5H3. The predicted molar refractivity (Wildman–Crippen MR) is 173 cm³/mol. The fourth-order valence-electron chi connectivity index (χ4n) is 5.08. The van der Waals surface area contributed by atoms with Crippen LogP contribution in [0.2, 0.25) is 0 Å². The number of fused-ring (bicyclic) bond motifs is 1. The van der Waals surface area contributed by atoms with Gasteiger partial charge in [-0.1, -0.05) is 42.5 Å². The molecule has 0 N–H and O–H groups in total. The smallest absolute Gasteiger partial charge is 0.340 e. The number of carbonyl (C=O) groups is 1. The molecule has 0 bridgehead atoms. The summed E-state index contributed by atoms with van der Waals surface area (Å²) >= 11 is 0. The number of imidazole rings is 1. The van der Waals surface area contributed by atoms with Crippen LogP contribution in [0, 0.1) is 18.3 Å². The van der Waals surface area contributed by atoms with Gasteiger partial charge in [0.05, 0.1) is 24.2 Å². The molecular formula is C35H33N7O4. The fourth-order valence-corrected chi connectivity index (χ4v) is 5.08. The van der Waals surface area contributed by atoms with Gasteiger partial charge in [-0.3, -0.25) is 4.99 Å². The molecule has 0 saturated carbocycles. The molecule has 1 aliphatic rings. The van der Waals surface area contributed by atoms with Crippen LogP contribution < -0.4 is 9.47 Å². The molecule has 5 aromatic rings. The Bertz CT molecular complexity index is 2010. The number of carbonyl (C=O) groups excluding carboxylic acids is 1. The van der Waals surface area contributed by atoms with Crippen molar-refractivity contribution in [3.05, 3.63) is 101 Å². The Labute approximate surface area is 266 Å². The van der Waals surface area contributed by atoms with Crippen molar-refractivity contribution in [1.29, 1.82) is 5.26 Å². The molecule has 0 amide bonds. The topological polar surface area (TPSA) is 128 Å². The van der Waals surface area contributed by atoms with E-state index in [2.05, 4.69) is 20.9 Å². The first-order valence-corrected chi connectivity index (χ1v) is 14.9. The molecule has 0 saturated heterocycles. The van der Waals surface area contributed by atoms with Crippen LogP contribution in [0.1, 0.15) is 53.6 Å². The molecule has 232 valence electrons. The molecule has 11 heteroatoms. The Hall–Kier alpha value is -5.76. The molecule has 3 aromatic carbocycles. The van der Waals surface area contributed by atoms with Gasteiger partial charge in [0.2, 0.25) is 0 Å². The van der Waals surface area contributed by atoms with Crippen molar-refractivity contribution in [3.8, 4) is 29.5 Å². The van der Waals surface area contributed by atoms with Gasteiger partial charge in [0.25, 0.3) is 5.88 Å². The Morgan fingerprint density at radius 3 is 2.46 bits per heavy atom. The van der Waals surface area contributed by atoms with Gasteiger partial charge >= 0.3 is 12.0 Å². The lowest BCUT2D eigenvalue weighted by Crippen LogP contribution is -2.24. The summed E-state index contributed by atoms with van der Waals surface area (Å²) < 4.78 is 20.0. The third-order valence-corrected chi connectivity index (χ3v) is 7.22. The van der Waals surface area contributed by atoms with Crippen LogP contribution in [0.25, 0.3) is 11.2 Å². The van der Waals surface area contributed by atoms with Crippen LogP contribution >= 0.6 is 0 Å². The lowest BCUT2D eigenvalue weighted by Gasteiger charge is -2.20. The van der Waals surface area contributed by atoms with Crippen molar-refractivity contribution < 1.29 is 19.0 Å². The number of hydrogen-bond acceptors (Lipinski definition) is 10. The van der Waals surface area contributed by atoms with Gasteiger partial charge in [-0.25, -0.2) is 9.78 Å². The zero-order chi connectivity index (χ0) is 32.4.